The predicted molar refractivity (Wildman–Crippen MR) is 87.4 cm³/mol. The Bertz CT molecular complexity index is 432. The summed E-state index contributed by atoms with van der Waals surface area (Å²) in [5.41, 5.74) is 1.28. The average Bonchev–Trinajstić information content (AvgIpc) is 2.91. The Morgan fingerprint density at radius 3 is 2.60 bits per heavy atom. The molecule has 2 rings (SSSR count). The summed E-state index contributed by atoms with van der Waals surface area (Å²) in [6, 6.07) is 7.13. The van der Waals surface area contributed by atoms with Gasteiger partial charge in [-0.15, -0.1) is 0 Å². The second-order valence-corrected chi connectivity index (χ2v) is 6.55. The zero-order valence-electron chi connectivity index (χ0n) is 12.7. The lowest BCUT2D eigenvalue weighted by Gasteiger charge is -2.25. The van der Waals surface area contributed by atoms with Gasteiger partial charge in [-0.2, -0.15) is 0 Å². The Morgan fingerprint density at radius 1 is 1.30 bits per heavy atom. The number of hydrogen-bond donors (Lipinski definition) is 1. The van der Waals surface area contributed by atoms with E-state index in [9.17, 15) is 0 Å². The Labute approximate surface area is 130 Å². The van der Waals surface area contributed by atoms with Crippen LogP contribution in [0.3, 0.4) is 0 Å². The van der Waals surface area contributed by atoms with Gasteiger partial charge in [0.05, 0.1) is 11.6 Å². The first kappa shape index (κ1) is 15.8. The second-order valence-electron chi connectivity index (χ2n) is 5.69. The van der Waals surface area contributed by atoms with Gasteiger partial charge >= 0.3 is 0 Å². The molecular formula is C16H25BrN2O. The van der Waals surface area contributed by atoms with Crippen molar-refractivity contribution in [3.05, 3.63) is 28.2 Å². The van der Waals surface area contributed by atoms with Crippen LogP contribution in [0.4, 0.5) is 0 Å². The molecule has 0 aromatic heterocycles. The fraction of sp³-hybridized carbons (Fsp3) is 0.625. The molecule has 1 N–H and O–H groups in total. The highest BCUT2D eigenvalue weighted by Crippen LogP contribution is 2.28. The van der Waals surface area contributed by atoms with E-state index < -0.39 is 0 Å². The van der Waals surface area contributed by atoms with Crippen LogP contribution in [-0.4, -0.2) is 37.7 Å². The molecule has 1 heterocycles. The van der Waals surface area contributed by atoms with Crippen molar-refractivity contribution in [2.24, 2.45) is 0 Å². The highest BCUT2D eigenvalue weighted by Gasteiger charge is 2.16. The van der Waals surface area contributed by atoms with Crippen LogP contribution in [0.15, 0.2) is 22.7 Å². The molecule has 1 aromatic rings. The van der Waals surface area contributed by atoms with E-state index in [4.69, 9.17) is 4.74 Å². The zero-order valence-corrected chi connectivity index (χ0v) is 14.2. The topological polar surface area (TPSA) is 24.5 Å². The van der Waals surface area contributed by atoms with Crippen molar-refractivity contribution in [2.45, 2.75) is 38.8 Å². The average molecular weight is 341 g/mol. The van der Waals surface area contributed by atoms with Crippen molar-refractivity contribution in [3.63, 3.8) is 0 Å². The molecule has 112 valence electrons. The Kier molecular flexibility index (Phi) is 5.87. The number of likely N-dealkylation sites (tertiary alicyclic amines) is 1. The number of ether oxygens (including phenoxy) is 1. The number of rotatable bonds is 6. The minimum atomic E-state index is 0.342. The van der Waals surface area contributed by atoms with Crippen molar-refractivity contribution >= 4 is 15.9 Å². The van der Waals surface area contributed by atoms with E-state index in [-0.39, 0.29) is 0 Å². The standard InChI is InChI=1S/C16H25BrN2O/c1-12(11-19-8-4-5-9-19)18-13(2)14-6-7-16(20-3)15(17)10-14/h6-7,10,12-13,18H,4-5,8-9,11H2,1-3H3. The molecular weight excluding hydrogens is 316 g/mol. The van der Waals surface area contributed by atoms with Crippen LogP contribution in [-0.2, 0) is 0 Å². The first-order chi connectivity index (χ1) is 9.60. The molecule has 1 aliphatic rings. The summed E-state index contributed by atoms with van der Waals surface area (Å²) in [6.07, 6.45) is 2.71. The Hall–Kier alpha value is -0.580. The molecule has 2 atom stereocenters. The molecule has 0 radical (unpaired) electrons. The highest BCUT2D eigenvalue weighted by atomic mass is 79.9. The molecule has 20 heavy (non-hydrogen) atoms. The van der Waals surface area contributed by atoms with Crippen molar-refractivity contribution in [1.82, 2.24) is 10.2 Å². The molecule has 0 spiro atoms. The molecule has 0 amide bonds. The third-order valence-corrected chi connectivity index (χ3v) is 4.56. The molecule has 0 saturated carbocycles. The van der Waals surface area contributed by atoms with Gasteiger partial charge in [0.1, 0.15) is 5.75 Å². The summed E-state index contributed by atoms with van der Waals surface area (Å²) in [5.74, 6) is 0.881. The van der Waals surface area contributed by atoms with Crippen LogP contribution in [0.1, 0.15) is 38.3 Å². The SMILES string of the molecule is COc1ccc(C(C)NC(C)CN2CCCC2)cc1Br. The summed E-state index contributed by atoms with van der Waals surface area (Å²) in [5, 5.41) is 3.68. The van der Waals surface area contributed by atoms with E-state index >= 15 is 0 Å². The van der Waals surface area contributed by atoms with Crippen LogP contribution in [0.25, 0.3) is 0 Å². The number of methoxy groups -OCH3 is 1. The summed E-state index contributed by atoms with van der Waals surface area (Å²) < 4.78 is 6.29. The maximum Gasteiger partial charge on any atom is 0.133 e. The van der Waals surface area contributed by atoms with Gasteiger partial charge < -0.3 is 15.0 Å². The number of benzene rings is 1. The van der Waals surface area contributed by atoms with Gasteiger partial charge in [-0.25, -0.2) is 0 Å². The monoisotopic (exact) mass is 340 g/mol. The van der Waals surface area contributed by atoms with Gasteiger partial charge in [-0.1, -0.05) is 6.07 Å². The summed E-state index contributed by atoms with van der Waals surface area (Å²) in [4.78, 5) is 2.55. The fourth-order valence-corrected chi connectivity index (χ4v) is 3.44. The smallest absolute Gasteiger partial charge is 0.133 e. The largest absolute Gasteiger partial charge is 0.496 e. The second kappa shape index (κ2) is 7.43. The van der Waals surface area contributed by atoms with E-state index in [1.165, 1.54) is 31.5 Å². The molecule has 1 saturated heterocycles. The lowest BCUT2D eigenvalue weighted by molar-refractivity contribution is 0.289. The number of nitrogens with one attached hydrogen (secondary N) is 1. The van der Waals surface area contributed by atoms with Gasteiger partial charge in [0, 0.05) is 18.6 Å². The van der Waals surface area contributed by atoms with Gasteiger partial charge in [-0.3, -0.25) is 0 Å². The summed E-state index contributed by atoms with van der Waals surface area (Å²) in [7, 11) is 1.69. The molecule has 0 bridgehead atoms. The van der Waals surface area contributed by atoms with E-state index in [1.807, 2.05) is 6.07 Å². The molecule has 2 unspecified atom stereocenters. The summed E-state index contributed by atoms with van der Waals surface area (Å²) >= 11 is 3.55. The molecule has 1 aromatic carbocycles. The van der Waals surface area contributed by atoms with Crippen LogP contribution >= 0.6 is 15.9 Å². The number of hydrogen-bond acceptors (Lipinski definition) is 3. The van der Waals surface area contributed by atoms with Gasteiger partial charge in [-0.05, 0) is 73.4 Å². The minimum absolute atomic E-state index is 0.342. The first-order valence-electron chi connectivity index (χ1n) is 7.42. The lowest BCUT2D eigenvalue weighted by atomic mass is 10.1. The fourth-order valence-electron chi connectivity index (χ4n) is 2.88. The molecule has 1 aliphatic heterocycles. The van der Waals surface area contributed by atoms with Crippen molar-refractivity contribution < 1.29 is 4.74 Å². The van der Waals surface area contributed by atoms with E-state index in [0.29, 0.717) is 12.1 Å². The van der Waals surface area contributed by atoms with Crippen LogP contribution in [0.2, 0.25) is 0 Å². The number of nitrogens with zero attached hydrogens (tertiary/aromatic N) is 1. The quantitative estimate of drug-likeness (QED) is 0.856. The van der Waals surface area contributed by atoms with Crippen LogP contribution in [0, 0.1) is 0 Å². The molecule has 4 heteroatoms. The maximum absolute atomic E-state index is 5.28. The normalized spacial score (nSPS) is 19.0. The van der Waals surface area contributed by atoms with Crippen LogP contribution in [0.5, 0.6) is 5.75 Å². The highest BCUT2D eigenvalue weighted by molar-refractivity contribution is 9.10. The molecule has 1 fully saturated rings. The molecule has 3 nitrogen and oxygen atoms in total. The van der Waals surface area contributed by atoms with Gasteiger partial charge in [0.25, 0.3) is 0 Å². The Morgan fingerprint density at radius 2 is 2.00 bits per heavy atom. The minimum Gasteiger partial charge on any atom is -0.496 e. The van der Waals surface area contributed by atoms with Crippen molar-refractivity contribution in [2.75, 3.05) is 26.7 Å². The van der Waals surface area contributed by atoms with Gasteiger partial charge in [0.15, 0.2) is 0 Å². The van der Waals surface area contributed by atoms with Crippen molar-refractivity contribution in [1.29, 1.82) is 0 Å². The number of halogens is 1. The van der Waals surface area contributed by atoms with Crippen LogP contribution < -0.4 is 10.1 Å². The molecule has 0 aliphatic carbocycles. The lowest BCUT2D eigenvalue weighted by Crippen LogP contribution is -2.39. The van der Waals surface area contributed by atoms with Crippen molar-refractivity contribution in [3.8, 4) is 5.75 Å². The Balaban J connectivity index is 1.89. The van der Waals surface area contributed by atoms with E-state index in [2.05, 4.69) is 52.1 Å². The maximum atomic E-state index is 5.28. The van der Waals surface area contributed by atoms with E-state index in [1.54, 1.807) is 7.11 Å². The first-order valence-corrected chi connectivity index (χ1v) is 8.21. The third kappa shape index (κ3) is 4.21. The summed E-state index contributed by atoms with van der Waals surface area (Å²) in [6.45, 7) is 8.15. The predicted octanol–water partition coefficient (Wildman–Crippen LogP) is 3.59. The van der Waals surface area contributed by atoms with Gasteiger partial charge in [0.2, 0.25) is 0 Å². The zero-order chi connectivity index (χ0) is 14.5. The van der Waals surface area contributed by atoms with E-state index in [0.717, 1.165) is 16.8 Å². The third-order valence-electron chi connectivity index (χ3n) is 3.94.